The Labute approximate surface area is 151 Å². The van der Waals surface area contributed by atoms with Crippen LogP contribution < -0.4 is 4.74 Å². The van der Waals surface area contributed by atoms with Crippen molar-refractivity contribution < 1.29 is 14.3 Å². The number of carbonyl (C=O) groups is 2. The summed E-state index contributed by atoms with van der Waals surface area (Å²) < 4.78 is 5.53. The Hall–Kier alpha value is -2.18. The third kappa shape index (κ3) is 4.90. The van der Waals surface area contributed by atoms with Crippen LogP contribution in [0.1, 0.15) is 22.2 Å². The van der Waals surface area contributed by atoms with Crippen molar-refractivity contribution in [2.75, 3.05) is 32.8 Å². The van der Waals surface area contributed by atoms with E-state index < -0.39 is 0 Å². The van der Waals surface area contributed by atoms with Gasteiger partial charge in [0, 0.05) is 32.7 Å². The fourth-order valence-corrected chi connectivity index (χ4v) is 3.62. The zero-order valence-electron chi connectivity index (χ0n) is 14.3. The topological polar surface area (TPSA) is 49.9 Å². The van der Waals surface area contributed by atoms with E-state index in [0.29, 0.717) is 18.8 Å². The van der Waals surface area contributed by atoms with E-state index in [0.717, 1.165) is 24.5 Å². The van der Waals surface area contributed by atoms with Gasteiger partial charge in [-0.3, -0.25) is 14.5 Å². The molecule has 1 saturated heterocycles. The van der Waals surface area contributed by atoms with Crippen molar-refractivity contribution in [3.63, 3.8) is 0 Å². The lowest BCUT2D eigenvalue weighted by Crippen LogP contribution is -2.49. The number of Topliss-reactive ketones (excluding diaryl/α,β-unsaturated/α-hetero) is 1. The summed E-state index contributed by atoms with van der Waals surface area (Å²) in [4.78, 5) is 28.6. The Kier molecular flexibility index (Phi) is 5.83. The first-order chi connectivity index (χ1) is 12.1. The van der Waals surface area contributed by atoms with Gasteiger partial charge in [-0.25, -0.2) is 0 Å². The molecule has 0 bridgehead atoms. The lowest BCUT2D eigenvalue weighted by atomic mass is 10.2. The molecule has 1 aliphatic heterocycles. The first-order valence-corrected chi connectivity index (χ1v) is 9.26. The number of hydrogen-bond acceptors (Lipinski definition) is 5. The normalized spacial score (nSPS) is 15.2. The van der Waals surface area contributed by atoms with E-state index in [1.54, 1.807) is 6.92 Å². The Morgan fingerprint density at radius 1 is 1.12 bits per heavy atom. The van der Waals surface area contributed by atoms with E-state index in [2.05, 4.69) is 4.90 Å². The predicted octanol–water partition coefficient (Wildman–Crippen LogP) is 2.67. The van der Waals surface area contributed by atoms with Gasteiger partial charge in [0.15, 0.2) is 12.4 Å². The number of nitrogens with zero attached hydrogens (tertiary/aromatic N) is 2. The number of carbonyl (C=O) groups excluding carboxylic acids is 2. The molecule has 1 fully saturated rings. The smallest absolute Gasteiger partial charge is 0.260 e. The molecule has 25 heavy (non-hydrogen) atoms. The molecule has 0 unspecified atom stereocenters. The summed E-state index contributed by atoms with van der Waals surface area (Å²) in [6.07, 6.45) is 0. The molecule has 132 valence electrons. The zero-order chi connectivity index (χ0) is 17.6. The standard InChI is InChI=1S/C19H22N2O3S/c1-15(22)18-11-16(14-25-18)12-20-7-9-21(10-8-20)19(23)13-24-17-5-3-2-4-6-17/h2-6,11,14H,7-10,12-13H2,1H3. The molecule has 5 nitrogen and oxygen atoms in total. The minimum Gasteiger partial charge on any atom is -0.484 e. The molecule has 0 saturated carbocycles. The van der Waals surface area contributed by atoms with E-state index in [1.165, 1.54) is 16.9 Å². The van der Waals surface area contributed by atoms with Gasteiger partial charge in [0.05, 0.1) is 4.88 Å². The minimum atomic E-state index is 0.0258. The molecule has 0 aliphatic carbocycles. The molecule has 0 N–H and O–H groups in total. The fourth-order valence-electron chi connectivity index (χ4n) is 2.81. The molecule has 1 aliphatic rings. The summed E-state index contributed by atoms with van der Waals surface area (Å²) in [6, 6.07) is 11.4. The number of rotatable bonds is 6. The predicted molar refractivity (Wildman–Crippen MR) is 98.1 cm³/mol. The lowest BCUT2D eigenvalue weighted by Gasteiger charge is -2.34. The SMILES string of the molecule is CC(=O)c1cc(CN2CCN(C(=O)COc3ccccc3)CC2)cs1. The molecule has 0 radical (unpaired) electrons. The Bertz CT molecular complexity index is 721. The van der Waals surface area contributed by atoms with Crippen LogP contribution in [-0.4, -0.2) is 54.3 Å². The molecule has 3 rings (SSSR count). The summed E-state index contributed by atoms with van der Waals surface area (Å²) in [7, 11) is 0. The van der Waals surface area contributed by atoms with E-state index in [-0.39, 0.29) is 18.3 Å². The average Bonchev–Trinajstić information content (AvgIpc) is 3.10. The van der Waals surface area contributed by atoms with Gasteiger partial charge in [-0.2, -0.15) is 0 Å². The van der Waals surface area contributed by atoms with Gasteiger partial charge in [0.25, 0.3) is 5.91 Å². The number of ether oxygens (including phenoxy) is 1. The summed E-state index contributed by atoms with van der Waals surface area (Å²) in [5.41, 5.74) is 1.17. The Morgan fingerprint density at radius 2 is 1.84 bits per heavy atom. The second kappa shape index (κ2) is 8.27. The fraction of sp³-hybridized carbons (Fsp3) is 0.368. The van der Waals surface area contributed by atoms with Gasteiger partial charge in [-0.05, 0) is 36.1 Å². The number of hydrogen-bond donors (Lipinski definition) is 0. The van der Waals surface area contributed by atoms with Crippen LogP contribution in [0.25, 0.3) is 0 Å². The van der Waals surface area contributed by atoms with Gasteiger partial charge >= 0.3 is 0 Å². The van der Waals surface area contributed by atoms with Crippen LogP contribution in [0, 0.1) is 0 Å². The van der Waals surface area contributed by atoms with Crippen LogP contribution >= 0.6 is 11.3 Å². The van der Waals surface area contributed by atoms with Crippen molar-refractivity contribution >= 4 is 23.0 Å². The Balaban J connectivity index is 1.43. The number of piperazine rings is 1. The van der Waals surface area contributed by atoms with Gasteiger partial charge in [0.2, 0.25) is 0 Å². The molecule has 2 heterocycles. The van der Waals surface area contributed by atoms with E-state index in [9.17, 15) is 9.59 Å². The van der Waals surface area contributed by atoms with Crippen molar-refractivity contribution in [1.29, 1.82) is 0 Å². The molecule has 2 aromatic rings. The first-order valence-electron chi connectivity index (χ1n) is 8.38. The molecule has 1 aromatic carbocycles. The summed E-state index contributed by atoms with van der Waals surface area (Å²) in [6.45, 7) is 5.59. The van der Waals surface area contributed by atoms with Crippen LogP contribution in [-0.2, 0) is 11.3 Å². The molecule has 1 amide bonds. The quantitative estimate of drug-likeness (QED) is 0.745. The van der Waals surface area contributed by atoms with Gasteiger partial charge in [-0.1, -0.05) is 18.2 Å². The van der Waals surface area contributed by atoms with Crippen LogP contribution in [0.2, 0.25) is 0 Å². The number of thiophene rings is 1. The Morgan fingerprint density at radius 3 is 2.48 bits per heavy atom. The van der Waals surface area contributed by atoms with Gasteiger partial charge in [0.1, 0.15) is 5.75 Å². The second-order valence-corrected chi connectivity index (χ2v) is 7.05. The molecule has 0 atom stereocenters. The van der Waals surface area contributed by atoms with Crippen LogP contribution in [0.5, 0.6) is 5.75 Å². The van der Waals surface area contributed by atoms with Crippen LogP contribution in [0.4, 0.5) is 0 Å². The molecular weight excluding hydrogens is 336 g/mol. The van der Waals surface area contributed by atoms with Crippen LogP contribution in [0.3, 0.4) is 0 Å². The highest BCUT2D eigenvalue weighted by molar-refractivity contribution is 7.12. The van der Waals surface area contributed by atoms with Crippen molar-refractivity contribution in [2.24, 2.45) is 0 Å². The largest absolute Gasteiger partial charge is 0.484 e. The van der Waals surface area contributed by atoms with Gasteiger partial charge < -0.3 is 9.64 Å². The minimum absolute atomic E-state index is 0.0258. The molecule has 1 aromatic heterocycles. The van der Waals surface area contributed by atoms with Crippen molar-refractivity contribution in [2.45, 2.75) is 13.5 Å². The monoisotopic (exact) mass is 358 g/mol. The molecular formula is C19H22N2O3S. The summed E-state index contributed by atoms with van der Waals surface area (Å²) in [5, 5.41) is 2.04. The number of amides is 1. The highest BCUT2D eigenvalue weighted by Crippen LogP contribution is 2.18. The maximum absolute atomic E-state index is 12.3. The van der Waals surface area contributed by atoms with Crippen molar-refractivity contribution in [1.82, 2.24) is 9.80 Å². The summed E-state index contributed by atoms with van der Waals surface area (Å²) in [5.74, 6) is 0.858. The number of benzene rings is 1. The lowest BCUT2D eigenvalue weighted by molar-refractivity contribution is -0.135. The summed E-state index contributed by atoms with van der Waals surface area (Å²) >= 11 is 1.50. The molecule has 0 spiro atoms. The van der Waals surface area contributed by atoms with Crippen molar-refractivity contribution in [3.05, 3.63) is 52.2 Å². The van der Waals surface area contributed by atoms with Crippen molar-refractivity contribution in [3.8, 4) is 5.75 Å². The maximum Gasteiger partial charge on any atom is 0.260 e. The number of para-hydroxylation sites is 1. The highest BCUT2D eigenvalue weighted by Gasteiger charge is 2.21. The third-order valence-corrected chi connectivity index (χ3v) is 5.32. The van der Waals surface area contributed by atoms with Crippen LogP contribution in [0.15, 0.2) is 41.8 Å². The van der Waals surface area contributed by atoms with E-state index >= 15 is 0 Å². The van der Waals surface area contributed by atoms with E-state index in [4.69, 9.17) is 4.74 Å². The second-order valence-electron chi connectivity index (χ2n) is 6.13. The van der Waals surface area contributed by atoms with E-state index in [1.807, 2.05) is 46.7 Å². The first kappa shape index (κ1) is 17.6. The maximum atomic E-state index is 12.3. The zero-order valence-corrected chi connectivity index (χ0v) is 15.1. The average molecular weight is 358 g/mol. The molecule has 6 heteroatoms. The third-order valence-electron chi connectivity index (χ3n) is 4.24. The highest BCUT2D eigenvalue weighted by atomic mass is 32.1. The van der Waals surface area contributed by atoms with Gasteiger partial charge in [-0.15, -0.1) is 11.3 Å². The number of ketones is 1.